The number of benzene rings is 1. The molecule has 1 saturated carbocycles. The van der Waals surface area contributed by atoms with Gasteiger partial charge in [0.25, 0.3) is 0 Å². The number of ether oxygens (including phenoxy) is 2. The van der Waals surface area contributed by atoms with Crippen LogP contribution in [0.4, 0.5) is 10.5 Å². The van der Waals surface area contributed by atoms with Crippen molar-refractivity contribution in [3.05, 3.63) is 24.3 Å². The molecule has 1 aromatic rings. The summed E-state index contributed by atoms with van der Waals surface area (Å²) in [5, 5.41) is 2.83. The molecule has 0 aliphatic heterocycles. The van der Waals surface area contributed by atoms with E-state index in [4.69, 9.17) is 9.47 Å². The summed E-state index contributed by atoms with van der Waals surface area (Å²) in [6.45, 7) is 9.13. The van der Waals surface area contributed by atoms with E-state index in [1.54, 1.807) is 0 Å². The monoisotopic (exact) mass is 319 g/mol. The highest BCUT2D eigenvalue weighted by Gasteiger charge is 2.33. The first kappa shape index (κ1) is 17.6. The summed E-state index contributed by atoms with van der Waals surface area (Å²) in [6, 6.07) is 7.44. The van der Waals surface area contributed by atoms with Gasteiger partial charge in [-0.05, 0) is 49.7 Å². The minimum atomic E-state index is -0.387. The maximum Gasteiger partial charge on any atom is 0.412 e. The van der Waals surface area contributed by atoms with Gasteiger partial charge in [0.15, 0.2) is 0 Å². The smallest absolute Gasteiger partial charge is 0.412 e. The molecule has 0 bridgehead atoms. The topological polar surface area (TPSA) is 47.6 Å². The average molecular weight is 319 g/mol. The van der Waals surface area contributed by atoms with Gasteiger partial charge in [-0.2, -0.15) is 0 Å². The molecular weight excluding hydrogens is 290 g/mol. The highest BCUT2D eigenvalue weighted by Crippen LogP contribution is 2.35. The second-order valence-corrected chi connectivity index (χ2v) is 6.82. The van der Waals surface area contributed by atoms with Crippen molar-refractivity contribution in [1.29, 1.82) is 0 Å². The lowest BCUT2D eigenvalue weighted by Crippen LogP contribution is -2.37. The molecule has 3 atom stereocenters. The van der Waals surface area contributed by atoms with Crippen LogP contribution < -0.4 is 10.1 Å². The minimum absolute atomic E-state index is 0.00185. The van der Waals surface area contributed by atoms with E-state index < -0.39 is 0 Å². The van der Waals surface area contributed by atoms with Crippen molar-refractivity contribution < 1.29 is 14.3 Å². The van der Waals surface area contributed by atoms with Gasteiger partial charge in [0.05, 0.1) is 12.3 Å². The van der Waals surface area contributed by atoms with E-state index in [0.717, 1.165) is 12.8 Å². The largest absolute Gasteiger partial charge is 0.492 e. The summed E-state index contributed by atoms with van der Waals surface area (Å²) in [4.78, 5) is 12.3. The Bertz CT molecular complexity index is 515. The zero-order valence-electron chi connectivity index (χ0n) is 14.7. The van der Waals surface area contributed by atoms with Crippen LogP contribution in [0.2, 0.25) is 0 Å². The summed E-state index contributed by atoms with van der Waals surface area (Å²) in [5.41, 5.74) is 0.657. The lowest BCUT2D eigenvalue weighted by Gasteiger charge is -2.36. The number of anilines is 1. The molecule has 0 heterocycles. The van der Waals surface area contributed by atoms with Gasteiger partial charge in [-0.3, -0.25) is 5.32 Å². The summed E-state index contributed by atoms with van der Waals surface area (Å²) < 4.78 is 11.3. The summed E-state index contributed by atoms with van der Waals surface area (Å²) in [5.74, 6) is 2.25. The molecule has 4 heteroatoms. The molecule has 1 aromatic carbocycles. The number of carbonyl (C=O) groups is 1. The van der Waals surface area contributed by atoms with Crippen LogP contribution in [0.1, 0.15) is 47.0 Å². The van der Waals surface area contributed by atoms with Gasteiger partial charge in [-0.15, -0.1) is 0 Å². The van der Waals surface area contributed by atoms with E-state index in [0.29, 0.717) is 35.8 Å². The minimum Gasteiger partial charge on any atom is -0.492 e. The molecule has 128 valence electrons. The van der Waals surface area contributed by atoms with Crippen molar-refractivity contribution in [3.63, 3.8) is 0 Å². The fraction of sp³-hybridized carbons (Fsp3) is 0.632. The molecule has 0 aromatic heterocycles. The first-order chi connectivity index (χ1) is 11.0. The molecule has 2 unspecified atom stereocenters. The Balaban J connectivity index is 2.00. The van der Waals surface area contributed by atoms with E-state index >= 15 is 0 Å². The van der Waals surface area contributed by atoms with E-state index in [9.17, 15) is 4.79 Å². The second kappa shape index (κ2) is 8.23. The molecule has 23 heavy (non-hydrogen) atoms. The first-order valence-electron chi connectivity index (χ1n) is 8.70. The second-order valence-electron chi connectivity index (χ2n) is 6.82. The number of hydrogen-bond donors (Lipinski definition) is 1. The lowest BCUT2D eigenvalue weighted by molar-refractivity contribution is 0.0126. The number of nitrogens with one attached hydrogen (secondary N) is 1. The molecule has 2 rings (SSSR count). The van der Waals surface area contributed by atoms with Gasteiger partial charge in [0, 0.05) is 0 Å². The van der Waals surface area contributed by atoms with Crippen LogP contribution >= 0.6 is 0 Å². The molecule has 4 nitrogen and oxygen atoms in total. The normalized spacial score (nSPS) is 24.3. The van der Waals surface area contributed by atoms with Gasteiger partial charge in [0.1, 0.15) is 11.9 Å². The maximum absolute atomic E-state index is 12.3. The summed E-state index contributed by atoms with van der Waals surface area (Å²) in [7, 11) is 0. The van der Waals surface area contributed by atoms with Crippen molar-refractivity contribution >= 4 is 11.8 Å². The highest BCUT2D eigenvalue weighted by atomic mass is 16.6. The molecule has 1 aliphatic rings. The van der Waals surface area contributed by atoms with Crippen LogP contribution in [0.25, 0.3) is 0 Å². The van der Waals surface area contributed by atoms with Crippen molar-refractivity contribution in [2.24, 2.45) is 17.8 Å². The Hall–Kier alpha value is -1.71. The summed E-state index contributed by atoms with van der Waals surface area (Å²) >= 11 is 0. The number of amides is 1. The first-order valence-corrected chi connectivity index (χ1v) is 8.70. The van der Waals surface area contributed by atoms with Crippen molar-refractivity contribution in [2.75, 3.05) is 11.9 Å². The van der Waals surface area contributed by atoms with Crippen molar-refractivity contribution in [2.45, 2.75) is 53.1 Å². The fourth-order valence-electron chi connectivity index (χ4n) is 3.38. The molecular formula is C19H29NO3. The van der Waals surface area contributed by atoms with Crippen LogP contribution in [-0.4, -0.2) is 18.8 Å². The zero-order valence-corrected chi connectivity index (χ0v) is 14.7. The van der Waals surface area contributed by atoms with Crippen LogP contribution in [0.3, 0.4) is 0 Å². The summed E-state index contributed by atoms with van der Waals surface area (Å²) in [6.07, 6.45) is 2.91. The van der Waals surface area contributed by atoms with Gasteiger partial charge >= 0.3 is 6.09 Å². The average Bonchev–Trinajstić information content (AvgIpc) is 2.49. The SMILES string of the molecule is CCOc1ccccc1NC(=O)OC1CC(C)CC[C@H]1C(C)C. The Kier molecular flexibility index (Phi) is 6.31. The predicted molar refractivity (Wildman–Crippen MR) is 92.8 cm³/mol. The molecule has 1 aliphatic carbocycles. The molecule has 1 amide bonds. The molecule has 0 spiro atoms. The van der Waals surface area contributed by atoms with Crippen LogP contribution in [0.5, 0.6) is 5.75 Å². The molecule has 1 N–H and O–H groups in total. The van der Waals surface area contributed by atoms with Crippen LogP contribution in [0, 0.1) is 17.8 Å². The Morgan fingerprint density at radius 3 is 2.74 bits per heavy atom. The Morgan fingerprint density at radius 1 is 1.30 bits per heavy atom. The van der Waals surface area contributed by atoms with Crippen LogP contribution in [-0.2, 0) is 4.74 Å². The molecule has 1 fully saturated rings. The highest BCUT2D eigenvalue weighted by molar-refractivity contribution is 5.86. The van der Waals surface area contributed by atoms with E-state index in [-0.39, 0.29) is 12.2 Å². The number of para-hydroxylation sites is 2. The zero-order chi connectivity index (χ0) is 16.8. The Morgan fingerprint density at radius 2 is 2.04 bits per heavy atom. The third kappa shape index (κ3) is 4.88. The third-order valence-electron chi connectivity index (χ3n) is 4.64. The lowest BCUT2D eigenvalue weighted by atomic mass is 9.75. The van der Waals surface area contributed by atoms with Crippen molar-refractivity contribution in [1.82, 2.24) is 0 Å². The van der Waals surface area contributed by atoms with Gasteiger partial charge in [-0.25, -0.2) is 4.79 Å². The van der Waals surface area contributed by atoms with E-state index in [2.05, 4.69) is 26.1 Å². The van der Waals surface area contributed by atoms with Crippen LogP contribution in [0.15, 0.2) is 24.3 Å². The van der Waals surface area contributed by atoms with E-state index in [1.807, 2.05) is 31.2 Å². The fourth-order valence-corrected chi connectivity index (χ4v) is 3.38. The standard InChI is InChI=1S/C19H29NO3/c1-5-22-17-9-7-6-8-16(17)20-19(21)23-18-12-14(4)10-11-15(18)13(2)3/h6-9,13-15,18H,5,10-12H2,1-4H3,(H,20,21)/t14?,15-,18?/m0/s1. The van der Waals surface area contributed by atoms with Gasteiger partial charge in [-0.1, -0.05) is 39.3 Å². The predicted octanol–water partition coefficient (Wildman–Crippen LogP) is 5.09. The number of carbonyl (C=O) groups excluding carboxylic acids is 1. The number of hydrogen-bond acceptors (Lipinski definition) is 3. The van der Waals surface area contributed by atoms with Gasteiger partial charge in [0.2, 0.25) is 0 Å². The quantitative estimate of drug-likeness (QED) is 0.822. The Labute approximate surface area is 139 Å². The van der Waals surface area contributed by atoms with E-state index in [1.165, 1.54) is 6.42 Å². The van der Waals surface area contributed by atoms with Crippen molar-refractivity contribution in [3.8, 4) is 5.75 Å². The maximum atomic E-state index is 12.3. The molecule has 0 saturated heterocycles. The number of rotatable bonds is 5. The van der Waals surface area contributed by atoms with Gasteiger partial charge < -0.3 is 9.47 Å². The third-order valence-corrected chi connectivity index (χ3v) is 4.64. The molecule has 0 radical (unpaired) electrons.